The van der Waals surface area contributed by atoms with Crippen LogP contribution in [0.2, 0.25) is 0 Å². The van der Waals surface area contributed by atoms with Crippen molar-refractivity contribution in [3.05, 3.63) is 0 Å². The Labute approximate surface area is 128 Å². The third-order valence-electron chi connectivity index (χ3n) is 4.87. The Morgan fingerprint density at radius 2 is 1.81 bits per heavy atom. The molecule has 2 N–H and O–H groups in total. The Hall–Kier alpha value is -0.810. The van der Waals surface area contributed by atoms with Gasteiger partial charge in [0, 0.05) is 19.6 Å². The molecule has 0 bridgehead atoms. The van der Waals surface area contributed by atoms with Crippen LogP contribution < -0.4 is 0 Å². The smallest absolute Gasteiger partial charge is 0.407 e. The largest absolute Gasteiger partial charge is 0.465 e. The molecule has 0 aliphatic heterocycles. The summed E-state index contributed by atoms with van der Waals surface area (Å²) in [6.07, 6.45) is 7.25. The summed E-state index contributed by atoms with van der Waals surface area (Å²) >= 11 is 0. The molecule has 0 saturated heterocycles. The zero-order valence-electron chi connectivity index (χ0n) is 13.6. The van der Waals surface area contributed by atoms with E-state index in [2.05, 4.69) is 11.8 Å². The zero-order valence-corrected chi connectivity index (χ0v) is 13.6. The van der Waals surface area contributed by atoms with E-state index in [-0.39, 0.29) is 12.6 Å². The molecule has 0 heterocycles. The van der Waals surface area contributed by atoms with E-state index >= 15 is 0 Å². The highest BCUT2D eigenvalue weighted by atomic mass is 16.4. The normalized spacial score (nSPS) is 22.5. The molecule has 124 valence electrons. The van der Waals surface area contributed by atoms with E-state index in [4.69, 9.17) is 10.2 Å². The maximum Gasteiger partial charge on any atom is 0.407 e. The van der Waals surface area contributed by atoms with Gasteiger partial charge in [-0.05, 0) is 51.1 Å². The van der Waals surface area contributed by atoms with Crippen LogP contribution in [0.25, 0.3) is 0 Å². The number of carbonyl (C=O) groups is 1. The summed E-state index contributed by atoms with van der Waals surface area (Å²) in [7, 11) is 1.69. The highest BCUT2D eigenvalue weighted by Crippen LogP contribution is 2.30. The van der Waals surface area contributed by atoms with Gasteiger partial charge in [-0.1, -0.05) is 19.8 Å². The van der Waals surface area contributed by atoms with E-state index in [0.29, 0.717) is 0 Å². The summed E-state index contributed by atoms with van der Waals surface area (Å²) in [6.45, 7) is 5.25. The predicted octanol–water partition coefficient (Wildman–Crippen LogP) is 2.64. The van der Waals surface area contributed by atoms with Gasteiger partial charge in [-0.2, -0.15) is 0 Å². The van der Waals surface area contributed by atoms with Crippen LogP contribution in [0.3, 0.4) is 0 Å². The van der Waals surface area contributed by atoms with Crippen LogP contribution in [0, 0.1) is 5.92 Å². The first kappa shape index (κ1) is 18.2. The van der Waals surface area contributed by atoms with Crippen molar-refractivity contribution in [1.82, 2.24) is 9.80 Å². The summed E-state index contributed by atoms with van der Waals surface area (Å²) < 4.78 is 0. The van der Waals surface area contributed by atoms with Crippen LogP contribution in [0.4, 0.5) is 4.79 Å². The van der Waals surface area contributed by atoms with Crippen LogP contribution in [-0.2, 0) is 0 Å². The Morgan fingerprint density at radius 3 is 2.33 bits per heavy atom. The Morgan fingerprint density at radius 1 is 1.14 bits per heavy atom. The van der Waals surface area contributed by atoms with Crippen LogP contribution in [0.15, 0.2) is 0 Å². The molecule has 1 amide bonds. The van der Waals surface area contributed by atoms with Gasteiger partial charge in [0.05, 0.1) is 6.61 Å². The van der Waals surface area contributed by atoms with Crippen molar-refractivity contribution < 1.29 is 15.0 Å². The summed E-state index contributed by atoms with van der Waals surface area (Å²) in [4.78, 5) is 14.7. The lowest BCUT2D eigenvalue weighted by Gasteiger charge is -2.33. The lowest BCUT2D eigenvalue weighted by molar-refractivity contribution is 0.117. The third kappa shape index (κ3) is 6.66. The van der Waals surface area contributed by atoms with Crippen molar-refractivity contribution in [3.8, 4) is 0 Å². The molecule has 5 heteroatoms. The van der Waals surface area contributed by atoms with Crippen molar-refractivity contribution in [2.75, 3.05) is 33.3 Å². The summed E-state index contributed by atoms with van der Waals surface area (Å²) in [5.41, 5.74) is 0. The molecule has 1 aliphatic carbocycles. The number of aliphatic hydroxyl groups excluding tert-OH is 1. The zero-order chi connectivity index (χ0) is 15.7. The van der Waals surface area contributed by atoms with Crippen molar-refractivity contribution in [2.24, 2.45) is 5.92 Å². The van der Waals surface area contributed by atoms with Crippen molar-refractivity contribution in [1.29, 1.82) is 0 Å². The number of unbranched alkanes of at least 4 members (excludes halogenated alkanes) is 1. The molecule has 0 atom stereocenters. The number of aliphatic hydroxyl groups is 1. The maximum absolute atomic E-state index is 10.9. The quantitative estimate of drug-likeness (QED) is 0.643. The highest BCUT2D eigenvalue weighted by Gasteiger charge is 2.25. The fourth-order valence-corrected chi connectivity index (χ4v) is 3.31. The Kier molecular flexibility index (Phi) is 8.69. The fraction of sp³-hybridized carbons (Fsp3) is 0.938. The Bertz CT molecular complexity index is 291. The van der Waals surface area contributed by atoms with E-state index in [1.807, 2.05) is 0 Å². The second kappa shape index (κ2) is 10.0. The molecule has 1 rings (SSSR count). The van der Waals surface area contributed by atoms with Crippen LogP contribution in [0.1, 0.15) is 51.9 Å². The Balaban J connectivity index is 2.12. The maximum atomic E-state index is 10.9. The average molecular weight is 300 g/mol. The molecule has 0 aromatic rings. The fourth-order valence-electron chi connectivity index (χ4n) is 3.31. The van der Waals surface area contributed by atoms with Gasteiger partial charge in [0.1, 0.15) is 0 Å². The van der Waals surface area contributed by atoms with E-state index < -0.39 is 6.09 Å². The first-order chi connectivity index (χ1) is 10.1. The number of rotatable bonds is 9. The van der Waals surface area contributed by atoms with Crippen LogP contribution in [-0.4, -0.2) is 65.4 Å². The molecule has 21 heavy (non-hydrogen) atoms. The van der Waals surface area contributed by atoms with Gasteiger partial charge >= 0.3 is 6.09 Å². The second-order valence-electron chi connectivity index (χ2n) is 6.22. The molecule has 1 aliphatic rings. The van der Waals surface area contributed by atoms with Gasteiger partial charge in [-0.25, -0.2) is 4.79 Å². The van der Waals surface area contributed by atoms with Crippen LogP contribution in [0.5, 0.6) is 0 Å². The monoisotopic (exact) mass is 300 g/mol. The van der Waals surface area contributed by atoms with Crippen molar-refractivity contribution in [3.63, 3.8) is 0 Å². The number of amides is 1. The molecule has 5 nitrogen and oxygen atoms in total. The lowest BCUT2D eigenvalue weighted by atomic mass is 9.82. The van der Waals surface area contributed by atoms with Gasteiger partial charge in [0.15, 0.2) is 0 Å². The minimum Gasteiger partial charge on any atom is -0.465 e. The van der Waals surface area contributed by atoms with E-state index in [9.17, 15) is 4.79 Å². The summed E-state index contributed by atoms with van der Waals surface area (Å²) in [5.74, 6) is 0.774. The first-order valence-corrected chi connectivity index (χ1v) is 8.37. The summed E-state index contributed by atoms with van der Waals surface area (Å²) in [5, 5.41) is 17.9. The molecule has 1 fully saturated rings. The lowest BCUT2D eigenvalue weighted by Crippen LogP contribution is -2.38. The molecule has 0 aromatic carbocycles. The van der Waals surface area contributed by atoms with Gasteiger partial charge in [0.2, 0.25) is 0 Å². The standard InChI is InChI=1S/C16H32N2O3/c1-3-18(12-13-19)11-5-4-6-14-7-9-15(10-8-14)17(2)16(20)21/h14-15,19H,3-13H2,1-2H3,(H,20,21). The number of hydrogen-bond donors (Lipinski definition) is 2. The van der Waals surface area contributed by atoms with E-state index in [0.717, 1.165) is 51.2 Å². The van der Waals surface area contributed by atoms with Crippen molar-refractivity contribution >= 4 is 6.09 Å². The van der Waals surface area contributed by atoms with E-state index in [1.165, 1.54) is 24.2 Å². The average Bonchev–Trinajstić information content (AvgIpc) is 2.50. The molecule has 1 saturated carbocycles. The first-order valence-electron chi connectivity index (χ1n) is 8.37. The minimum absolute atomic E-state index is 0.221. The highest BCUT2D eigenvalue weighted by molar-refractivity contribution is 5.64. The SMILES string of the molecule is CCN(CCO)CCCCC1CCC(N(C)C(=O)O)CC1. The second-order valence-corrected chi connectivity index (χ2v) is 6.22. The molecule has 0 radical (unpaired) electrons. The number of nitrogens with zero attached hydrogens (tertiary/aromatic N) is 2. The van der Waals surface area contributed by atoms with Gasteiger partial charge < -0.3 is 20.0 Å². The summed E-state index contributed by atoms with van der Waals surface area (Å²) in [6, 6.07) is 0.221. The van der Waals surface area contributed by atoms with Gasteiger partial charge in [-0.15, -0.1) is 0 Å². The number of hydrogen-bond acceptors (Lipinski definition) is 3. The predicted molar refractivity (Wildman–Crippen MR) is 84.6 cm³/mol. The molecular formula is C16H32N2O3. The molecule has 0 unspecified atom stereocenters. The van der Waals surface area contributed by atoms with E-state index in [1.54, 1.807) is 7.05 Å². The van der Waals surface area contributed by atoms with Crippen LogP contribution >= 0.6 is 0 Å². The number of likely N-dealkylation sites (N-methyl/N-ethyl adjacent to an activating group) is 1. The molecule has 0 spiro atoms. The topological polar surface area (TPSA) is 64.0 Å². The third-order valence-corrected chi connectivity index (χ3v) is 4.87. The number of carboxylic acid groups (broad SMARTS) is 1. The van der Waals surface area contributed by atoms with Gasteiger partial charge in [0.25, 0.3) is 0 Å². The molecule has 0 aromatic heterocycles. The van der Waals surface area contributed by atoms with Gasteiger partial charge in [-0.3, -0.25) is 0 Å². The van der Waals surface area contributed by atoms with Crippen molar-refractivity contribution in [2.45, 2.75) is 57.9 Å². The molecular weight excluding hydrogens is 268 g/mol. The minimum atomic E-state index is -0.804.